The number of urea groups is 1. The summed E-state index contributed by atoms with van der Waals surface area (Å²) in [4.78, 5) is 42.7. The van der Waals surface area contributed by atoms with Crippen LogP contribution in [0.2, 0.25) is 0 Å². The van der Waals surface area contributed by atoms with E-state index in [1.165, 1.54) is 4.90 Å². The quantitative estimate of drug-likeness (QED) is 0.831. The summed E-state index contributed by atoms with van der Waals surface area (Å²) >= 11 is 0. The van der Waals surface area contributed by atoms with Gasteiger partial charge in [0.25, 0.3) is 0 Å². The molecule has 0 aromatic carbocycles. The van der Waals surface area contributed by atoms with E-state index in [1.54, 1.807) is 7.05 Å². The Balaban J connectivity index is 1.58. The number of likely N-dealkylation sites (tertiary alicyclic amines) is 2. The highest BCUT2D eigenvalue weighted by atomic mass is 16.4. The van der Waals surface area contributed by atoms with E-state index < -0.39 is 11.5 Å². The Morgan fingerprint density at radius 3 is 1.96 bits per heavy atom. The van der Waals surface area contributed by atoms with Crippen molar-refractivity contribution in [2.75, 3.05) is 33.2 Å². The summed E-state index contributed by atoms with van der Waals surface area (Å²) in [5.74, 6) is -1.13. The molecule has 0 aromatic heterocycles. The predicted octanol–water partition coefficient (Wildman–Crippen LogP) is 2.16. The Bertz CT molecular complexity index is 545. The van der Waals surface area contributed by atoms with Gasteiger partial charge in [-0.3, -0.25) is 4.79 Å². The molecule has 3 amide bonds. The number of carbonyl (C=O) groups excluding carboxylic acids is 2. The largest absolute Gasteiger partial charge is 0.479 e. The summed E-state index contributed by atoms with van der Waals surface area (Å²) in [6.07, 6.45) is 7.21. The van der Waals surface area contributed by atoms with Gasteiger partial charge in [-0.05, 0) is 38.5 Å². The van der Waals surface area contributed by atoms with E-state index in [9.17, 15) is 19.5 Å². The van der Waals surface area contributed by atoms with Gasteiger partial charge < -0.3 is 19.8 Å². The number of carbonyl (C=O) groups is 3. The average Bonchev–Trinajstić information content (AvgIpc) is 3.21. The van der Waals surface area contributed by atoms with E-state index in [1.807, 2.05) is 9.80 Å². The van der Waals surface area contributed by atoms with Crippen LogP contribution in [0.5, 0.6) is 0 Å². The van der Waals surface area contributed by atoms with Crippen molar-refractivity contribution in [1.29, 1.82) is 0 Å². The van der Waals surface area contributed by atoms with E-state index in [4.69, 9.17) is 0 Å². The molecule has 1 saturated carbocycles. The standard InChI is InChI=1S/C19H31N3O4/c1-20(19(17(24)25)9-3-2-4-10-19)16(23)15-7-13-22(14-8-15)18(26)21-11-5-6-12-21/h15H,2-14H2,1H3,(H,24,25). The number of likely N-dealkylation sites (N-methyl/N-ethyl adjacent to an activating group) is 1. The van der Waals surface area contributed by atoms with Crippen LogP contribution in [0, 0.1) is 5.92 Å². The number of piperidine rings is 1. The monoisotopic (exact) mass is 365 g/mol. The van der Waals surface area contributed by atoms with Crippen LogP contribution in [0.4, 0.5) is 4.79 Å². The lowest BCUT2D eigenvalue weighted by atomic mass is 9.79. The number of aliphatic carboxylic acids is 1. The number of carboxylic acids is 1. The maximum Gasteiger partial charge on any atom is 0.329 e. The molecule has 3 aliphatic rings. The minimum Gasteiger partial charge on any atom is -0.479 e. The highest BCUT2D eigenvalue weighted by Gasteiger charge is 2.47. The normalized spacial score (nSPS) is 23.7. The van der Waals surface area contributed by atoms with Gasteiger partial charge in [0.15, 0.2) is 0 Å². The number of carboxylic acid groups (broad SMARTS) is 1. The van der Waals surface area contributed by atoms with E-state index in [-0.39, 0.29) is 17.9 Å². The van der Waals surface area contributed by atoms with Crippen molar-refractivity contribution in [3.8, 4) is 0 Å². The van der Waals surface area contributed by atoms with Crippen molar-refractivity contribution in [3.05, 3.63) is 0 Å². The summed E-state index contributed by atoms with van der Waals surface area (Å²) in [6, 6.07) is 0.0936. The van der Waals surface area contributed by atoms with Gasteiger partial charge in [0.05, 0.1) is 0 Å². The Morgan fingerprint density at radius 1 is 0.885 bits per heavy atom. The Kier molecular flexibility index (Phi) is 5.73. The molecule has 0 atom stereocenters. The van der Waals surface area contributed by atoms with Crippen molar-refractivity contribution in [2.45, 2.75) is 63.3 Å². The van der Waals surface area contributed by atoms with Gasteiger partial charge in [-0.1, -0.05) is 19.3 Å². The first-order valence-corrected chi connectivity index (χ1v) is 10.0. The fraction of sp³-hybridized carbons (Fsp3) is 0.842. The Hall–Kier alpha value is -1.79. The van der Waals surface area contributed by atoms with Gasteiger partial charge in [-0.25, -0.2) is 9.59 Å². The molecule has 0 unspecified atom stereocenters. The first-order valence-electron chi connectivity index (χ1n) is 10.0. The van der Waals surface area contributed by atoms with E-state index in [0.29, 0.717) is 38.8 Å². The van der Waals surface area contributed by atoms with E-state index >= 15 is 0 Å². The van der Waals surface area contributed by atoms with Gasteiger partial charge in [0.1, 0.15) is 5.54 Å². The Morgan fingerprint density at radius 2 is 1.42 bits per heavy atom. The zero-order valence-electron chi connectivity index (χ0n) is 15.8. The summed E-state index contributed by atoms with van der Waals surface area (Å²) in [7, 11) is 1.66. The predicted molar refractivity (Wildman–Crippen MR) is 96.7 cm³/mol. The highest BCUT2D eigenvalue weighted by molar-refractivity contribution is 5.88. The maximum absolute atomic E-state index is 13.0. The smallest absolute Gasteiger partial charge is 0.329 e. The fourth-order valence-corrected chi connectivity index (χ4v) is 4.74. The lowest BCUT2D eigenvalue weighted by molar-refractivity contribution is -0.162. The van der Waals surface area contributed by atoms with Crippen LogP contribution in [-0.2, 0) is 9.59 Å². The lowest BCUT2D eigenvalue weighted by Crippen LogP contribution is -2.58. The molecule has 2 aliphatic heterocycles. The van der Waals surface area contributed by atoms with Gasteiger partial charge in [-0.15, -0.1) is 0 Å². The molecule has 2 heterocycles. The zero-order chi connectivity index (χ0) is 18.7. The molecule has 0 aromatic rings. The third-order valence-electron chi connectivity index (χ3n) is 6.54. The van der Waals surface area contributed by atoms with Gasteiger partial charge >= 0.3 is 12.0 Å². The van der Waals surface area contributed by atoms with E-state index in [0.717, 1.165) is 45.2 Å². The molecule has 26 heavy (non-hydrogen) atoms. The third kappa shape index (κ3) is 3.53. The van der Waals surface area contributed by atoms with Crippen LogP contribution >= 0.6 is 0 Å². The molecule has 146 valence electrons. The number of amides is 3. The number of hydrogen-bond acceptors (Lipinski definition) is 3. The molecule has 0 spiro atoms. The molecule has 3 rings (SSSR count). The fourth-order valence-electron chi connectivity index (χ4n) is 4.74. The van der Waals surface area contributed by atoms with Gasteiger partial charge in [0, 0.05) is 39.1 Å². The van der Waals surface area contributed by atoms with Gasteiger partial charge in [-0.2, -0.15) is 0 Å². The molecule has 0 bridgehead atoms. The Labute approximate surface area is 155 Å². The van der Waals surface area contributed by atoms with Crippen LogP contribution in [0.15, 0.2) is 0 Å². The molecule has 7 heteroatoms. The topological polar surface area (TPSA) is 81.2 Å². The molecule has 3 fully saturated rings. The summed E-state index contributed by atoms with van der Waals surface area (Å²) in [5.41, 5.74) is -1.04. The minimum absolute atomic E-state index is 0.0671. The van der Waals surface area contributed by atoms with Crippen LogP contribution < -0.4 is 0 Å². The lowest BCUT2D eigenvalue weighted by Gasteiger charge is -2.43. The minimum atomic E-state index is -1.04. The van der Waals surface area contributed by atoms with E-state index in [2.05, 4.69) is 0 Å². The summed E-state index contributed by atoms with van der Waals surface area (Å²) in [5, 5.41) is 9.79. The molecule has 2 saturated heterocycles. The van der Waals surface area contributed by atoms with Gasteiger partial charge in [0.2, 0.25) is 5.91 Å². The number of hydrogen-bond donors (Lipinski definition) is 1. The highest BCUT2D eigenvalue weighted by Crippen LogP contribution is 2.35. The van der Waals surface area contributed by atoms with Crippen molar-refractivity contribution in [1.82, 2.24) is 14.7 Å². The molecule has 1 aliphatic carbocycles. The second-order valence-electron chi connectivity index (χ2n) is 8.03. The maximum atomic E-state index is 13.0. The SMILES string of the molecule is CN(C(=O)C1CCN(C(=O)N2CCCC2)CC1)C1(C(=O)O)CCCCC1. The molecule has 0 radical (unpaired) electrons. The van der Waals surface area contributed by atoms with Crippen molar-refractivity contribution in [2.24, 2.45) is 5.92 Å². The average molecular weight is 365 g/mol. The van der Waals surface area contributed by atoms with Crippen molar-refractivity contribution in [3.63, 3.8) is 0 Å². The summed E-state index contributed by atoms with van der Waals surface area (Å²) in [6.45, 7) is 2.84. The van der Waals surface area contributed by atoms with Crippen LogP contribution in [-0.4, -0.2) is 76.5 Å². The second-order valence-corrected chi connectivity index (χ2v) is 8.03. The first-order chi connectivity index (χ1) is 12.5. The van der Waals surface area contributed by atoms with Crippen LogP contribution in [0.1, 0.15) is 57.8 Å². The van der Waals surface area contributed by atoms with Crippen LogP contribution in [0.25, 0.3) is 0 Å². The molecule has 7 nitrogen and oxygen atoms in total. The number of nitrogens with zero attached hydrogens (tertiary/aromatic N) is 3. The summed E-state index contributed by atoms with van der Waals surface area (Å²) < 4.78 is 0. The number of rotatable bonds is 3. The van der Waals surface area contributed by atoms with Crippen LogP contribution in [0.3, 0.4) is 0 Å². The second kappa shape index (κ2) is 7.84. The molecule has 1 N–H and O–H groups in total. The molecular weight excluding hydrogens is 334 g/mol. The third-order valence-corrected chi connectivity index (χ3v) is 6.54. The van der Waals surface area contributed by atoms with Crippen molar-refractivity contribution < 1.29 is 19.5 Å². The first kappa shape index (κ1) is 19.0. The molecular formula is C19H31N3O4. The zero-order valence-corrected chi connectivity index (χ0v) is 15.8. The van der Waals surface area contributed by atoms with Crippen molar-refractivity contribution >= 4 is 17.9 Å².